The maximum Gasteiger partial charge on any atom is 0.494 e. The van der Waals surface area contributed by atoms with E-state index in [1.165, 1.54) is 6.07 Å². The van der Waals surface area contributed by atoms with Crippen LogP contribution >= 0.6 is 0 Å². The first-order valence-corrected chi connectivity index (χ1v) is 10.2. The van der Waals surface area contributed by atoms with Gasteiger partial charge in [0, 0.05) is 5.92 Å². The first-order valence-electron chi connectivity index (χ1n) is 10.2. The maximum absolute atomic E-state index is 13.1. The zero-order valence-electron chi connectivity index (χ0n) is 17.4. The molecule has 3 aliphatic rings. The van der Waals surface area contributed by atoms with Crippen molar-refractivity contribution in [2.45, 2.75) is 57.4 Å². The van der Waals surface area contributed by atoms with Gasteiger partial charge in [0.05, 0.1) is 28.2 Å². The van der Waals surface area contributed by atoms with E-state index in [2.05, 4.69) is 4.99 Å². The Morgan fingerprint density at radius 1 is 0.933 bits per heavy atom. The van der Waals surface area contributed by atoms with Crippen LogP contribution in [0.3, 0.4) is 0 Å². The topological polar surface area (TPSA) is 30.8 Å². The van der Waals surface area contributed by atoms with Gasteiger partial charge in [-0.15, -0.1) is 0 Å². The fourth-order valence-corrected chi connectivity index (χ4v) is 4.25. The van der Waals surface area contributed by atoms with Gasteiger partial charge in [0.25, 0.3) is 0 Å². The Morgan fingerprint density at radius 2 is 1.57 bits per heavy atom. The lowest BCUT2D eigenvalue weighted by atomic mass is 9.78. The molecule has 0 spiro atoms. The van der Waals surface area contributed by atoms with Gasteiger partial charge in [-0.3, -0.25) is 4.99 Å². The quantitative estimate of drug-likeness (QED) is 0.631. The third-order valence-electron chi connectivity index (χ3n) is 6.87. The smallest absolute Gasteiger partial charge is 0.399 e. The summed E-state index contributed by atoms with van der Waals surface area (Å²) in [6.07, 6.45) is -3.44. The predicted octanol–water partition coefficient (Wildman–Crippen LogP) is 5.24. The molecule has 0 aromatic heterocycles. The molecule has 156 valence electrons. The van der Waals surface area contributed by atoms with Crippen molar-refractivity contribution < 1.29 is 22.5 Å². The minimum absolute atomic E-state index is 0.262. The van der Waals surface area contributed by atoms with Gasteiger partial charge >= 0.3 is 13.3 Å². The molecule has 0 N–H and O–H groups in total. The van der Waals surface area contributed by atoms with Crippen LogP contribution < -0.4 is 5.46 Å². The number of alkyl halides is 3. The predicted molar refractivity (Wildman–Crippen MR) is 111 cm³/mol. The van der Waals surface area contributed by atoms with Gasteiger partial charge in [-0.05, 0) is 68.8 Å². The Kier molecular flexibility index (Phi) is 4.10. The van der Waals surface area contributed by atoms with Crippen molar-refractivity contribution in [1.82, 2.24) is 0 Å². The van der Waals surface area contributed by atoms with Gasteiger partial charge in [0.2, 0.25) is 0 Å². The first kappa shape index (κ1) is 19.8. The summed E-state index contributed by atoms with van der Waals surface area (Å²) in [7, 11) is -0.443. The number of aliphatic imine (C=N–C) groups is 1. The number of rotatable bonds is 2. The monoisotopic (exact) mass is 413 g/mol. The molecule has 2 heterocycles. The fraction of sp³-hybridized carbons (Fsp3) is 0.435. The van der Waals surface area contributed by atoms with E-state index in [1.807, 2.05) is 52.0 Å². The van der Waals surface area contributed by atoms with Crippen LogP contribution in [0.5, 0.6) is 0 Å². The summed E-state index contributed by atoms with van der Waals surface area (Å²) in [6, 6.07) is 11.8. The van der Waals surface area contributed by atoms with Crippen LogP contribution in [0, 0.1) is 5.92 Å². The van der Waals surface area contributed by atoms with Crippen LogP contribution in [0.25, 0.3) is 0 Å². The Balaban J connectivity index is 1.44. The highest BCUT2D eigenvalue weighted by Gasteiger charge is 2.52. The summed E-state index contributed by atoms with van der Waals surface area (Å²) >= 11 is 0. The van der Waals surface area contributed by atoms with Gasteiger partial charge in [0.15, 0.2) is 0 Å². The highest BCUT2D eigenvalue weighted by atomic mass is 19.4. The standard InChI is InChI=1S/C23H23BF3NO2/c1-21(2)22(3,4)30-24(29-21)15-8-5-13(6-9-15)20-18-12-17(18)16-10-7-14(23(25,26)27)11-19(16)28-20/h5-11,17-18H,12H2,1-4H3. The lowest BCUT2D eigenvalue weighted by Gasteiger charge is -2.32. The zero-order valence-corrected chi connectivity index (χ0v) is 17.4. The Labute approximate surface area is 174 Å². The average molecular weight is 413 g/mol. The summed E-state index contributed by atoms with van der Waals surface area (Å²) in [6.45, 7) is 8.05. The SMILES string of the molecule is CC1(C)OB(c2ccc(C3=Nc4cc(C(F)(F)F)ccc4C4CC34)cc2)OC1(C)C. The highest BCUT2D eigenvalue weighted by Crippen LogP contribution is 2.56. The minimum atomic E-state index is -4.37. The van der Waals surface area contributed by atoms with Gasteiger partial charge in [-0.1, -0.05) is 30.3 Å². The zero-order chi connectivity index (χ0) is 21.5. The Bertz CT molecular complexity index is 1030. The highest BCUT2D eigenvalue weighted by molar-refractivity contribution is 6.62. The van der Waals surface area contributed by atoms with Crippen LogP contribution in [0.4, 0.5) is 18.9 Å². The molecule has 2 aromatic carbocycles. The van der Waals surface area contributed by atoms with Crippen molar-refractivity contribution >= 4 is 24.0 Å². The largest absolute Gasteiger partial charge is 0.494 e. The second-order valence-electron chi connectivity index (χ2n) is 9.43. The number of hydrogen-bond acceptors (Lipinski definition) is 3. The second kappa shape index (κ2) is 6.20. The van der Waals surface area contributed by atoms with E-state index in [0.717, 1.165) is 34.8 Å². The first-order chi connectivity index (χ1) is 14.0. The summed E-state index contributed by atoms with van der Waals surface area (Å²) in [5, 5.41) is 0. The molecule has 2 aliphatic heterocycles. The number of benzene rings is 2. The van der Waals surface area contributed by atoms with E-state index < -0.39 is 30.1 Å². The molecular formula is C23H23BF3NO2. The molecule has 30 heavy (non-hydrogen) atoms. The molecule has 2 unspecified atom stereocenters. The summed E-state index contributed by atoms with van der Waals surface area (Å²) in [5.74, 6) is 0.537. The van der Waals surface area contributed by atoms with E-state index >= 15 is 0 Å². The van der Waals surface area contributed by atoms with Gasteiger partial charge < -0.3 is 9.31 Å². The van der Waals surface area contributed by atoms with Crippen molar-refractivity contribution in [2.24, 2.45) is 10.9 Å². The molecule has 1 aliphatic carbocycles. The van der Waals surface area contributed by atoms with Crippen molar-refractivity contribution in [3.8, 4) is 0 Å². The van der Waals surface area contributed by atoms with Crippen LogP contribution in [0.2, 0.25) is 0 Å². The van der Waals surface area contributed by atoms with Crippen molar-refractivity contribution in [3.63, 3.8) is 0 Å². The number of nitrogens with zero attached hydrogens (tertiary/aromatic N) is 1. The molecule has 5 rings (SSSR count). The van der Waals surface area contributed by atoms with Gasteiger partial charge in [-0.25, -0.2) is 0 Å². The van der Waals surface area contributed by atoms with Crippen molar-refractivity contribution in [3.05, 3.63) is 59.2 Å². The van der Waals surface area contributed by atoms with Crippen LogP contribution in [0.15, 0.2) is 47.5 Å². The van der Waals surface area contributed by atoms with Gasteiger partial charge in [0.1, 0.15) is 0 Å². The fourth-order valence-electron chi connectivity index (χ4n) is 4.25. The summed E-state index contributed by atoms with van der Waals surface area (Å²) in [5.41, 5.74) is 2.60. The summed E-state index contributed by atoms with van der Waals surface area (Å²) < 4.78 is 51.5. The molecule has 2 fully saturated rings. The third-order valence-corrected chi connectivity index (χ3v) is 6.87. The molecule has 2 atom stereocenters. The Morgan fingerprint density at radius 3 is 2.17 bits per heavy atom. The number of hydrogen-bond donors (Lipinski definition) is 0. The van der Waals surface area contributed by atoms with E-state index in [9.17, 15) is 13.2 Å². The lowest BCUT2D eigenvalue weighted by molar-refractivity contribution is -0.137. The van der Waals surface area contributed by atoms with Crippen LogP contribution in [0.1, 0.15) is 56.7 Å². The molecule has 1 saturated heterocycles. The second-order valence-corrected chi connectivity index (χ2v) is 9.43. The van der Waals surface area contributed by atoms with Crippen molar-refractivity contribution in [1.29, 1.82) is 0 Å². The van der Waals surface area contributed by atoms with E-state index in [1.54, 1.807) is 6.07 Å². The molecule has 1 saturated carbocycles. The Hall–Kier alpha value is -2.12. The maximum atomic E-state index is 13.1. The van der Waals surface area contributed by atoms with Crippen LogP contribution in [-0.2, 0) is 15.5 Å². The van der Waals surface area contributed by atoms with E-state index in [-0.39, 0.29) is 11.8 Å². The van der Waals surface area contributed by atoms with E-state index in [4.69, 9.17) is 9.31 Å². The molecule has 7 heteroatoms. The molecule has 0 radical (unpaired) electrons. The molecule has 0 amide bonds. The lowest BCUT2D eigenvalue weighted by Crippen LogP contribution is -2.41. The van der Waals surface area contributed by atoms with Crippen molar-refractivity contribution in [2.75, 3.05) is 0 Å². The van der Waals surface area contributed by atoms with Crippen LogP contribution in [-0.4, -0.2) is 24.0 Å². The summed E-state index contributed by atoms with van der Waals surface area (Å²) in [4.78, 5) is 4.64. The third kappa shape index (κ3) is 3.10. The van der Waals surface area contributed by atoms with Gasteiger partial charge in [-0.2, -0.15) is 13.2 Å². The molecule has 0 bridgehead atoms. The normalized spacial score (nSPS) is 26.1. The average Bonchev–Trinajstić information content (AvgIpc) is 3.42. The van der Waals surface area contributed by atoms with E-state index in [0.29, 0.717) is 5.69 Å². The molecule has 2 aromatic rings. The molecular weight excluding hydrogens is 390 g/mol. The number of fused-ring (bicyclic) bond motifs is 3. The number of halogens is 3. The minimum Gasteiger partial charge on any atom is -0.399 e. The molecule has 3 nitrogen and oxygen atoms in total.